The number of hydrogen-bond donors (Lipinski definition) is 1. The fourth-order valence-electron chi connectivity index (χ4n) is 5.75. The van der Waals surface area contributed by atoms with E-state index >= 15 is 0 Å². The van der Waals surface area contributed by atoms with Crippen molar-refractivity contribution in [3.05, 3.63) is 52.8 Å². The predicted octanol–water partition coefficient (Wildman–Crippen LogP) is 2.86. The lowest BCUT2D eigenvalue weighted by molar-refractivity contribution is -0.133. The number of likely N-dealkylation sites (tertiary alicyclic amines) is 1. The van der Waals surface area contributed by atoms with E-state index in [2.05, 4.69) is 45.6 Å². The average Bonchev–Trinajstić information content (AvgIpc) is 3.47. The number of aromatic nitrogens is 2. The van der Waals surface area contributed by atoms with Crippen LogP contribution in [0.25, 0.3) is 0 Å². The van der Waals surface area contributed by atoms with Crippen LogP contribution in [-0.2, 0) is 24.8 Å². The minimum Gasteiger partial charge on any atom is -0.348 e. The minimum atomic E-state index is -0.0870. The van der Waals surface area contributed by atoms with Crippen LogP contribution in [0.15, 0.2) is 30.3 Å². The molecule has 1 aromatic carbocycles. The van der Waals surface area contributed by atoms with Crippen molar-refractivity contribution in [3.63, 3.8) is 0 Å². The van der Waals surface area contributed by atoms with Crippen molar-refractivity contribution in [2.24, 2.45) is 7.05 Å². The number of fused-ring (bicyclic) bond motifs is 1. The molecule has 1 saturated heterocycles. The van der Waals surface area contributed by atoms with Gasteiger partial charge in [-0.15, -0.1) is 0 Å². The second-order valence-electron chi connectivity index (χ2n) is 9.88. The first-order valence-electron chi connectivity index (χ1n) is 12.5. The van der Waals surface area contributed by atoms with E-state index in [1.54, 1.807) is 0 Å². The van der Waals surface area contributed by atoms with Crippen LogP contribution in [0, 0.1) is 0 Å². The number of nitrogens with one attached hydrogen (secondary N) is 1. The number of piperidine rings is 1. The van der Waals surface area contributed by atoms with Gasteiger partial charge in [0, 0.05) is 43.9 Å². The van der Waals surface area contributed by atoms with Crippen molar-refractivity contribution in [1.82, 2.24) is 24.9 Å². The molecule has 1 aromatic heterocycles. The maximum absolute atomic E-state index is 13.2. The molecular weight excluding hydrogens is 414 g/mol. The van der Waals surface area contributed by atoms with Gasteiger partial charge in [-0.25, -0.2) is 0 Å². The first-order valence-corrected chi connectivity index (χ1v) is 12.5. The molecule has 0 radical (unpaired) electrons. The van der Waals surface area contributed by atoms with Crippen molar-refractivity contribution in [2.45, 2.75) is 63.5 Å². The van der Waals surface area contributed by atoms with E-state index in [-0.39, 0.29) is 17.9 Å². The Morgan fingerprint density at radius 3 is 2.48 bits per heavy atom. The van der Waals surface area contributed by atoms with E-state index in [1.807, 2.05) is 16.6 Å². The fraction of sp³-hybridized carbons (Fsp3) is 0.577. The van der Waals surface area contributed by atoms with Crippen LogP contribution in [-0.4, -0.2) is 63.6 Å². The van der Waals surface area contributed by atoms with Crippen molar-refractivity contribution in [3.8, 4) is 0 Å². The van der Waals surface area contributed by atoms with Crippen LogP contribution < -0.4 is 5.32 Å². The number of carbonyl (C=O) groups excluding carboxylic acids is 2. The summed E-state index contributed by atoms with van der Waals surface area (Å²) in [5.74, 6) is 0.660. The Labute approximate surface area is 196 Å². The summed E-state index contributed by atoms with van der Waals surface area (Å²) in [5, 5.41) is 7.70. The van der Waals surface area contributed by atoms with E-state index in [1.165, 1.54) is 18.4 Å². The number of carbonyl (C=O) groups is 2. The first-order chi connectivity index (χ1) is 16.1. The number of aryl methyl sites for hydroxylation is 1. The Morgan fingerprint density at radius 1 is 1.03 bits per heavy atom. The van der Waals surface area contributed by atoms with E-state index in [0.717, 1.165) is 56.5 Å². The van der Waals surface area contributed by atoms with Crippen LogP contribution in [0.2, 0.25) is 0 Å². The zero-order valence-electron chi connectivity index (χ0n) is 19.6. The summed E-state index contributed by atoms with van der Waals surface area (Å²) in [6, 6.07) is 11.0. The zero-order chi connectivity index (χ0) is 22.8. The Hall–Kier alpha value is -2.67. The molecule has 0 bridgehead atoms. The normalized spacial score (nSPS) is 20.1. The molecular formula is C26H35N5O2. The summed E-state index contributed by atoms with van der Waals surface area (Å²) in [7, 11) is 1.90. The molecule has 3 heterocycles. The second-order valence-corrected chi connectivity index (χ2v) is 9.88. The Balaban J connectivity index is 1.18. The van der Waals surface area contributed by atoms with Crippen molar-refractivity contribution in [2.75, 3.05) is 26.2 Å². The second kappa shape index (κ2) is 9.67. The lowest BCUT2D eigenvalue weighted by Crippen LogP contribution is -2.45. The molecule has 1 N–H and O–H groups in total. The third kappa shape index (κ3) is 4.83. The molecule has 0 atom stereocenters. The van der Waals surface area contributed by atoms with Crippen molar-refractivity contribution < 1.29 is 9.59 Å². The predicted molar refractivity (Wildman–Crippen MR) is 127 cm³/mol. The number of rotatable bonds is 5. The largest absolute Gasteiger partial charge is 0.348 e. The van der Waals surface area contributed by atoms with Crippen molar-refractivity contribution >= 4 is 11.8 Å². The van der Waals surface area contributed by atoms with Gasteiger partial charge in [0.15, 0.2) is 5.69 Å². The molecule has 2 fully saturated rings. The summed E-state index contributed by atoms with van der Waals surface area (Å²) in [4.78, 5) is 30.3. The van der Waals surface area contributed by atoms with Crippen LogP contribution in [0.5, 0.6) is 0 Å². The standard InChI is InChI=1S/C26H35N5O2/c1-29-23-13-16-31(17-22(23)25(28-29)26(33)27-21-9-5-6-10-21)24(32)18-30-14-11-20(12-15-30)19-7-3-2-4-8-19/h2-4,7-8,20-21H,5-6,9-18H2,1H3,(H,27,33). The van der Waals surface area contributed by atoms with Gasteiger partial charge in [0.1, 0.15) is 0 Å². The van der Waals surface area contributed by atoms with Crippen LogP contribution in [0.1, 0.15) is 71.8 Å². The Bertz CT molecular complexity index is 988. The highest BCUT2D eigenvalue weighted by atomic mass is 16.2. The SMILES string of the molecule is Cn1nc(C(=O)NC2CCCC2)c2c1CCN(C(=O)CN1CCC(c3ccccc3)CC1)C2. The van der Waals surface area contributed by atoms with Crippen LogP contribution in [0.3, 0.4) is 0 Å². The van der Waals surface area contributed by atoms with Gasteiger partial charge < -0.3 is 10.2 Å². The Morgan fingerprint density at radius 2 is 1.76 bits per heavy atom. The molecule has 0 unspecified atom stereocenters. The van der Waals surface area contributed by atoms with Gasteiger partial charge in [-0.05, 0) is 50.3 Å². The molecule has 2 aliphatic heterocycles. The number of hydrogen-bond acceptors (Lipinski definition) is 4. The topological polar surface area (TPSA) is 70.5 Å². The van der Waals surface area contributed by atoms with Gasteiger partial charge in [0.05, 0.1) is 6.54 Å². The van der Waals surface area contributed by atoms with Crippen LogP contribution >= 0.6 is 0 Å². The van der Waals surface area contributed by atoms with Crippen LogP contribution in [0.4, 0.5) is 0 Å². The lowest BCUT2D eigenvalue weighted by atomic mass is 9.89. The number of nitrogens with zero attached hydrogens (tertiary/aromatic N) is 4. The summed E-state index contributed by atoms with van der Waals surface area (Å²) < 4.78 is 1.83. The third-order valence-corrected chi connectivity index (χ3v) is 7.72. The summed E-state index contributed by atoms with van der Waals surface area (Å²) in [6.07, 6.45) is 7.38. The van der Waals surface area contributed by atoms with Gasteiger partial charge in [-0.2, -0.15) is 5.10 Å². The molecule has 1 aliphatic carbocycles. The Kier molecular flexibility index (Phi) is 6.49. The first kappa shape index (κ1) is 22.1. The lowest BCUT2D eigenvalue weighted by Gasteiger charge is -2.34. The van der Waals surface area contributed by atoms with Gasteiger partial charge in [0.25, 0.3) is 5.91 Å². The number of benzene rings is 1. The summed E-state index contributed by atoms with van der Waals surface area (Å²) in [5.41, 5.74) is 3.92. The molecule has 7 nitrogen and oxygen atoms in total. The minimum absolute atomic E-state index is 0.0870. The van der Waals surface area contributed by atoms with Gasteiger partial charge >= 0.3 is 0 Å². The smallest absolute Gasteiger partial charge is 0.272 e. The molecule has 7 heteroatoms. The van der Waals surface area contributed by atoms with E-state index in [9.17, 15) is 9.59 Å². The average molecular weight is 450 g/mol. The monoisotopic (exact) mass is 449 g/mol. The highest BCUT2D eigenvalue weighted by Gasteiger charge is 2.31. The summed E-state index contributed by atoms with van der Waals surface area (Å²) in [6.45, 7) is 3.53. The van der Waals surface area contributed by atoms with Gasteiger partial charge in [-0.3, -0.25) is 19.2 Å². The molecule has 0 spiro atoms. The zero-order valence-corrected chi connectivity index (χ0v) is 19.6. The highest BCUT2D eigenvalue weighted by molar-refractivity contribution is 5.94. The third-order valence-electron chi connectivity index (χ3n) is 7.72. The maximum atomic E-state index is 13.2. The van der Waals surface area contributed by atoms with Gasteiger partial charge in [0.2, 0.25) is 5.91 Å². The van der Waals surface area contributed by atoms with E-state index in [0.29, 0.717) is 31.2 Å². The fourth-order valence-corrected chi connectivity index (χ4v) is 5.75. The molecule has 2 aromatic rings. The van der Waals surface area contributed by atoms with E-state index in [4.69, 9.17) is 0 Å². The summed E-state index contributed by atoms with van der Waals surface area (Å²) >= 11 is 0. The quantitative estimate of drug-likeness (QED) is 0.762. The number of amides is 2. The molecule has 1 saturated carbocycles. The van der Waals surface area contributed by atoms with Gasteiger partial charge in [-0.1, -0.05) is 43.2 Å². The molecule has 2 amide bonds. The van der Waals surface area contributed by atoms with E-state index < -0.39 is 0 Å². The molecule has 33 heavy (non-hydrogen) atoms. The molecule has 3 aliphatic rings. The maximum Gasteiger partial charge on any atom is 0.272 e. The molecule has 176 valence electrons. The highest BCUT2D eigenvalue weighted by Crippen LogP contribution is 2.28. The molecule has 5 rings (SSSR count). The van der Waals surface area contributed by atoms with Crippen molar-refractivity contribution in [1.29, 1.82) is 0 Å².